The van der Waals surface area contributed by atoms with Crippen molar-refractivity contribution in [2.75, 3.05) is 0 Å². The average molecular weight is 165 g/mol. The van der Waals surface area contributed by atoms with Crippen LogP contribution >= 0.6 is 0 Å². The molecule has 1 aromatic rings. The molecule has 0 amide bonds. The van der Waals surface area contributed by atoms with Gasteiger partial charge < -0.3 is 10.8 Å². The van der Waals surface area contributed by atoms with Crippen LogP contribution in [0.25, 0.3) is 0 Å². The van der Waals surface area contributed by atoms with Gasteiger partial charge in [-0.3, -0.25) is 0 Å². The Morgan fingerprint density at radius 2 is 1.92 bits per heavy atom. The van der Waals surface area contributed by atoms with Crippen molar-refractivity contribution in [3.05, 3.63) is 35.4 Å². The maximum absolute atomic E-state index is 9.65. The van der Waals surface area contributed by atoms with Crippen LogP contribution in [0.3, 0.4) is 0 Å². The third-order valence-electron chi connectivity index (χ3n) is 2.01. The quantitative estimate of drug-likeness (QED) is 0.695. The van der Waals surface area contributed by atoms with Crippen LogP contribution in [0.15, 0.2) is 24.3 Å². The van der Waals surface area contributed by atoms with E-state index in [1.807, 2.05) is 31.2 Å². The van der Waals surface area contributed by atoms with Crippen LogP contribution in [-0.2, 0) is 0 Å². The molecular formula is C10H15NO. The van der Waals surface area contributed by atoms with Crippen molar-refractivity contribution >= 4 is 0 Å². The Morgan fingerprint density at radius 3 is 2.42 bits per heavy atom. The summed E-state index contributed by atoms with van der Waals surface area (Å²) in [7, 11) is 0. The number of aryl methyl sites for hydroxylation is 1. The molecule has 2 heteroatoms. The molecule has 0 aliphatic rings. The van der Waals surface area contributed by atoms with Gasteiger partial charge in [0.1, 0.15) is 0 Å². The molecule has 0 aliphatic heterocycles. The molecule has 0 bridgehead atoms. The molecule has 0 unspecified atom stereocenters. The van der Waals surface area contributed by atoms with Gasteiger partial charge in [-0.2, -0.15) is 0 Å². The molecule has 66 valence electrons. The molecule has 0 saturated heterocycles. The zero-order valence-electron chi connectivity index (χ0n) is 7.49. The first-order valence-electron chi connectivity index (χ1n) is 4.12. The highest BCUT2D eigenvalue weighted by Gasteiger charge is 2.13. The predicted molar refractivity (Wildman–Crippen MR) is 49.8 cm³/mol. The van der Waals surface area contributed by atoms with E-state index in [0.717, 1.165) is 11.1 Å². The van der Waals surface area contributed by atoms with Gasteiger partial charge in [-0.05, 0) is 25.0 Å². The molecule has 0 fully saturated rings. The summed E-state index contributed by atoms with van der Waals surface area (Å²) in [4.78, 5) is 0. The van der Waals surface area contributed by atoms with Gasteiger partial charge in [0.25, 0.3) is 0 Å². The maximum atomic E-state index is 9.65. The van der Waals surface area contributed by atoms with Crippen molar-refractivity contribution in [1.82, 2.24) is 0 Å². The molecule has 2 nitrogen and oxygen atoms in total. The average Bonchev–Trinajstić information content (AvgIpc) is 2.04. The van der Waals surface area contributed by atoms with Crippen LogP contribution in [0.2, 0.25) is 0 Å². The van der Waals surface area contributed by atoms with Gasteiger partial charge in [0, 0.05) is 6.04 Å². The summed E-state index contributed by atoms with van der Waals surface area (Å²) in [6.07, 6.45) is -0.550. The maximum Gasteiger partial charge on any atom is 0.0940 e. The van der Waals surface area contributed by atoms with Crippen LogP contribution in [0.1, 0.15) is 24.2 Å². The minimum absolute atomic E-state index is 0.217. The van der Waals surface area contributed by atoms with Crippen molar-refractivity contribution in [3.8, 4) is 0 Å². The Balaban J connectivity index is 2.94. The second-order valence-corrected chi connectivity index (χ2v) is 3.16. The van der Waals surface area contributed by atoms with E-state index in [-0.39, 0.29) is 6.04 Å². The Kier molecular flexibility index (Phi) is 2.84. The Morgan fingerprint density at radius 1 is 1.33 bits per heavy atom. The van der Waals surface area contributed by atoms with E-state index in [1.165, 1.54) is 0 Å². The first-order valence-corrected chi connectivity index (χ1v) is 4.12. The summed E-state index contributed by atoms with van der Waals surface area (Å²) >= 11 is 0. The monoisotopic (exact) mass is 165 g/mol. The van der Waals surface area contributed by atoms with Crippen LogP contribution in [0.5, 0.6) is 0 Å². The van der Waals surface area contributed by atoms with Crippen molar-refractivity contribution in [2.24, 2.45) is 5.73 Å². The Hall–Kier alpha value is -0.860. The number of benzene rings is 1. The van der Waals surface area contributed by atoms with E-state index in [2.05, 4.69) is 0 Å². The van der Waals surface area contributed by atoms with E-state index in [0.29, 0.717) is 0 Å². The normalized spacial score (nSPS) is 15.7. The first-order chi connectivity index (χ1) is 5.63. The SMILES string of the molecule is Cc1ccccc1[C@H](O)[C@H](C)N. The molecule has 0 saturated carbocycles. The standard InChI is InChI=1S/C10H15NO/c1-7-5-3-4-6-9(7)10(12)8(2)11/h3-6,8,10,12H,11H2,1-2H3/t8-,10+/m0/s1. The molecule has 1 aromatic carbocycles. The molecule has 0 aliphatic carbocycles. The fraction of sp³-hybridized carbons (Fsp3) is 0.400. The molecule has 0 aromatic heterocycles. The van der Waals surface area contributed by atoms with Crippen molar-refractivity contribution in [3.63, 3.8) is 0 Å². The lowest BCUT2D eigenvalue weighted by atomic mass is 9.99. The highest BCUT2D eigenvalue weighted by molar-refractivity contribution is 5.28. The van der Waals surface area contributed by atoms with E-state index in [1.54, 1.807) is 6.92 Å². The number of aliphatic hydroxyl groups excluding tert-OH is 1. The minimum Gasteiger partial charge on any atom is -0.387 e. The minimum atomic E-state index is -0.550. The molecule has 1 rings (SSSR count). The summed E-state index contributed by atoms with van der Waals surface area (Å²) in [5.74, 6) is 0. The van der Waals surface area contributed by atoms with E-state index in [9.17, 15) is 5.11 Å². The van der Waals surface area contributed by atoms with Crippen LogP contribution in [-0.4, -0.2) is 11.1 Å². The zero-order chi connectivity index (χ0) is 9.14. The van der Waals surface area contributed by atoms with Crippen LogP contribution < -0.4 is 5.73 Å². The largest absolute Gasteiger partial charge is 0.387 e. The lowest BCUT2D eigenvalue weighted by Crippen LogP contribution is -2.24. The third kappa shape index (κ3) is 1.84. The summed E-state index contributed by atoms with van der Waals surface area (Å²) in [6.45, 7) is 3.78. The van der Waals surface area contributed by atoms with Gasteiger partial charge in [0.05, 0.1) is 6.10 Å². The third-order valence-corrected chi connectivity index (χ3v) is 2.01. The van der Waals surface area contributed by atoms with E-state index >= 15 is 0 Å². The first kappa shape index (κ1) is 9.23. The number of hydrogen-bond acceptors (Lipinski definition) is 2. The van der Waals surface area contributed by atoms with Crippen molar-refractivity contribution < 1.29 is 5.11 Å². The fourth-order valence-electron chi connectivity index (χ4n) is 1.20. The summed E-state index contributed by atoms with van der Waals surface area (Å²) in [5.41, 5.74) is 7.60. The van der Waals surface area contributed by atoms with Crippen LogP contribution in [0, 0.1) is 6.92 Å². The van der Waals surface area contributed by atoms with Crippen molar-refractivity contribution in [2.45, 2.75) is 26.0 Å². The van der Waals surface area contributed by atoms with Gasteiger partial charge in [-0.25, -0.2) is 0 Å². The number of hydrogen-bond donors (Lipinski definition) is 2. The highest BCUT2D eigenvalue weighted by Crippen LogP contribution is 2.18. The van der Waals surface area contributed by atoms with E-state index < -0.39 is 6.10 Å². The number of aliphatic hydroxyl groups is 1. The summed E-state index contributed by atoms with van der Waals surface area (Å²) < 4.78 is 0. The van der Waals surface area contributed by atoms with Crippen LogP contribution in [0.4, 0.5) is 0 Å². The molecule has 0 radical (unpaired) electrons. The Labute approximate surface area is 73.0 Å². The van der Waals surface area contributed by atoms with Gasteiger partial charge in [0.2, 0.25) is 0 Å². The Bertz CT molecular complexity index is 258. The number of nitrogens with two attached hydrogens (primary N) is 1. The zero-order valence-corrected chi connectivity index (χ0v) is 7.49. The molecule has 0 heterocycles. The molecular weight excluding hydrogens is 150 g/mol. The summed E-state index contributed by atoms with van der Waals surface area (Å²) in [6, 6.07) is 7.52. The second-order valence-electron chi connectivity index (χ2n) is 3.16. The van der Waals surface area contributed by atoms with E-state index in [4.69, 9.17) is 5.73 Å². The van der Waals surface area contributed by atoms with Gasteiger partial charge in [-0.1, -0.05) is 24.3 Å². The van der Waals surface area contributed by atoms with Gasteiger partial charge in [-0.15, -0.1) is 0 Å². The van der Waals surface area contributed by atoms with Gasteiger partial charge in [0.15, 0.2) is 0 Å². The molecule has 2 atom stereocenters. The number of rotatable bonds is 2. The lowest BCUT2D eigenvalue weighted by molar-refractivity contribution is 0.152. The molecule has 3 N–H and O–H groups in total. The fourth-order valence-corrected chi connectivity index (χ4v) is 1.20. The highest BCUT2D eigenvalue weighted by atomic mass is 16.3. The summed E-state index contributed by atoms with van der Waals surface area (Å²) in [5, 5.41) is 9.65. The topological polar surface area (TPSA) is 46.2 Å². The van der Waals surface area contributed by atoms with Crippen molar-refractivity contribution in [1.29, 1.82) is 0 Å². The predicted octanol–water partition coefficient (Wildman–Crippen LogP) is 1.38. The van der Waals surface area contributed by atoms with Gasteiger partial charge >= 0.3 is 0 Å². The molecule has 0 spiro atoms. The smallest absolute Gasteiger partial charge is 0.0940 e. The lowest BCUT2D eigenvalue weighted by Gasteiger charge is -2.16. The molecule has 12 heavy (non-hydrogen) atoms. The second kappa shape index (κ2) is 3.70.